The lowest BCUT2D eigenvalue weighted by Crippen LogP contribution is -2.40. The largest absolute Gasteiger partial charge is 0.333 e. The molecule has 1 heterocycles. The van der Waals surface area contributed by atoms with Crippen LogP contribution in [0.4, 0.5) is 5.82 Å². The van der Waals surface area contributed by atoms with Gasteiger partial charge in [-0.2, -0.15) is 5.10 Å². The van der Waals surface area contributed by atoms with Crippen molar-refractivity contribution in [1.82, 2.24) is 14.7 Å². The number of nitrogens with one attached hydrogen (secondary N) is 1. The van der Waals surface area contributed by atoms with Gasteiger partial charge in [-0.15, -0.1) is 0 Å². The second-order valence-electron chi connectivity index (χ2n) is 9.17. The maximum atomic E-state index is 13.1. The van der Waals surface area contributed by atoms with Crippen molar-refractivity contribution >= 4 is 29.2 Å². The number of nitrogens with zero attached hydrogens (tertiary/aromatic N) is 3. The number of benzene rings is 2. The van der Waals surface area contributed by atoms with Crippen LogP contribution < -0.4 is 5.32 Å². The third kappa shape index (κ3) is 7.69. The van der Waals surface area contributed by atoms with Crippen LogP contribution in [0.25, 0.3) is 16.9 Å². The van der Waals surface area contributed by atoms with Crippen molar-refractivity contribution in [1.29, 1.82) is 0 Å². The Morgan fingerprint density at radius 3 is 2.43 bits per heavy atom. The highest BCUT2D eigenvalue weighted by Gasteiger charge is 2.20. The fraction of sp³-hybridized carbons (Fsp3) is 0.393. The molecule has 2 aromatic carbocycles. The Balaban J connectivity index is 1.81. The number of anilines is 1. The van der Waals surface area contributed by atoms with Crippen molar-refractivity contribution in [2.45, 2.75) is 52.9 Å². The molecule has 1 aromatic heterocycles. The molecule has 0 fully saturated rings. The van der Waals surface area contributed by atoms with E-state index in [1.807, 2.05) is 68.4 Å². The van der Waals surface area contributed by atoms with E-state index in [2.05, 4.69) is 12.2 Å². The number of rotatable bonds is 12. The number of carbonyl (C=O) groups is 2. The molecular formula is C28H35ClN4O2. The Morgan fingerprint density at radius 1 is 1.03 bits per heavy atom. The van der Waals surface area contributed by atoms with Gasteiger partial charge in [0.1, 0.15) is 5.82 Å². The SMILES string of the molecule is CCCCCCC(=O)N(CC(=O)Nc1cc(-c2ccccc2)nn1-c1ccccc1Cl)CC(C)C. The number of carbonyl (C=O) groups excluding carboxylic acids is 2. The number of para-hydroxylation sites is 1. The molecule has 35 heavy (non-hydrogen) atoms. The molecule has 3 aromatic rings. The van der Waals surface area contributed by atoms with Crippen molar-refractivity contribution in [2.75, 3.05) is 18.4 Å². The number of hydrogen-bond acceptors (Lipinski definition) is 3. The van der Waals surface area contributed by atoms with E-state index in [0.717, 1.165) is 31.2 Å². The van der Waals surface area contributed by atoms with E-state index in [4.69, 9.17) is 16.7 Å². The standard InChI is InChI=1S/C28H35ClN4O2/c1-4-5-6-10-17-28(35)32(19-21(2)3)20-27(34)30-26-18-24(22-13-8-7-9-14-22)31-33(26)25-16-12-11-15-23(25)29/h7-9,11-16,18,21H,4-6,10,17,19-20H2,1-3H3,(H,30,34). The highest BCUT2D eigenvalue weighted by Crippen LogP contribution is 2.28. The molecule has 1 N–H and O–H groups in total. The molecule has 0 aliphatic carbocycles. The summed E-state index contributed by atoms with van der Waals surface area (Å²) in [4.78, 5) is 27.7. The second-order valence-corrected chi connectivity index (χ2v) is 9.58. The first kappa shape index (κ1) is 26.5. The minimum absolute atomic E-state index is 0.000830. The van der Waals surface area contributed by atoms with Gasteiger partial charge in [0.25, 0.3) is 0 Å². The van der Waals surface area contributed by atoms with Gasteiger partial charge in [0, 0.05) is 24.6 Å². The summed E-state index contributed by atoms with van der Waals surface area (Å²) in [5, 5.41) is 8.22. The molecular weight excluding hydrogens is 460 g/mol. The van der Waals surface area contributed by atoms with Crippen molar-refractivity contribution in [3.63, 3.8) is 0 Å². The minimum atomic E-state index is -0.264. The van der Waals surface area contributed by atoms with E-state index in [-0.39, 0.29) is 24.3 Å². The van der Waals surface area contributed by atoms with Gasteiger partial charge < -0.3 is 10.2 Å². The smallest absolute Gasteiger partial charge is 0.245 e. The van der Waals surface area contributed by atoms with Gasteiger partial charge in [0.2, 0.25) is 11.8 Å². The van der Waals surface area contributed by atoms with Gasteiger partial charge in [-0.05, 0) is 24.5 Å². The average Bonchev–Trinajstić information content (AvgIpc) is 3.25. The number of unbranched alkanes of at least 4 members (excludes halogenated alkanes) is 3. The van der Waals surface area contributed by atoms with Gasteiger partial charge in [-0.25, -0.2) is 4.68 Å². The summed E-state index contributed by atoms with van der Waals surface area (Å²) in [5.74, 6) is 0.525. The van der Waals surface area contributed by atoms with Crippen LogP contribution in [0.15, 0.2) is 60.7 Å². The molecule has 0 atom stereocenters. The van der Waals surface area contributed by atoms with E-state index in [1.165, 1.54) is 0 Å². The third-order valence-electron chi connectivity index (χ3n) is 5.64. The monoisotopic (exact) mass is 494 g/mol. The van der Waals surface area contributed by atoms with Gasteiger partial charge in [0.05, 0.1) is 22.9 Å². The first-order valence-electron chi connectivity index (χ1n) is 12.4. The molecule has 0 saturated carbocycles. The van der Waals surface area contributed by atoms with Gasteiger partial charge in [-0.1, -0.05) is 94.1 Å². The van der Waals surface area contributed by atoms with Gasteiger partial charge in [-0.3, -0.25) is 9.59 Å². The molecule has 186 valence electrons. The Labute approximate surface area is 213 Å². The Hall–Kier alpha value is -3.12. The summed E-state index contributed by atoms with van der Waals surface area (Å²) in [6.45, 7) is 6.79. The maximum Gasteiger partial charge on any atom is 0.245 e. The molecule has 0 bridgehead atoms. The third-order valence-corrected chi connectivity index (χ3v) is 5.96. The first-order chi connectivity index (χ1) is 16.9. The van der Waals surface area contributed by atoms with Gasteiger partial charge in [0.15, 0.2) is 0 Å². The minimum Gasteiger partial charge on any atom is -0.333 e. The van der Waals surface area contributed by atoms with E-state index in [0.29, 0.717) is 35.2 Å². The van der Waals surface area contributed by atoms with Crippen LogP contribution in [0, 0.1) is 5.92 Å². The average molecular weight is 495 g/mol. The lowest BCUT2D eigenvalue weighted by molar-refractivity contribution is -0.135. The van der Waals surface area contributed by atoms with Crippen LogP contribution >= 0.6 is 11.6 Å². The normalized spacial score (nSPS) is 11.0. The van der Waals surface area contributed by atoms with Crippen LogP contribution in [-0.4, -0.2) is 39.6 Å². The number of amides is 2. The van der Waals surface area contributed by atoms with Crippen LogP contribution in [0.2, 0.25) is 5.02 Å². The molecule has 6 nitrogen and oxygen atoms in total. The quantitative estimate of drug-likeness (QED) is 0.289. The van der Waals surface area contributed by atoms with E-state index >= 15 is 0 Å². The lowest BCUT2D eigenvalue weighted by atomic mass is 10.1. The zero-order valence-electron chi connectivity index (χ0n) is 20.8. The highest BCUT2D eigenvalue weighted by molar-refractivity contribution is 6.32. The molecule has 0 unspecified atom stereocenters. The molecule has 0 spiro atoms. The van der Waals surface area contributed by atoms with Crippen molar-refractivity contribution in [3.8, 4) is 16.9 Å². The van der Waals surface area contributed by atoms with Crippen LogP contribution in [-0.2, 0) is 9.59 Å². The number of halogens is 1. The molecule has 0 aliphatic heterocycles. The maximum absolute atomic E-state index is 13.1. The summed E-state index contributed by atoms with van der Waals surface area (Å²) in [7, 11) is 0. The van der Waals surface area contributed by atoms with Crippen LogP contribution in [0.3, 0.4) is 0 Å². The second kappa shape index (κ2) is 13.1. The molecule has 3 rings (SSSR count). The molecule has 7 heteroatoms. The van der Waals surface area contributed by atoms with Gasteiger partial charge >= 0.3 is 0 Å². The summed E-state index contributed by atoms with van der Waals surface area (Å²) in [5.41, 5.74) is 2.31. The Kier molecular flexibility index (Phi) is 9.91. The summed E-state index contributed by atoms with van der Waals surface area (Å²) >= 11 is 6.45. The van der Waals surface area contributed by atoms with Crippen LogP contribution in [0.1, 0.15) is 52.9 Å². The first-order valence-corrected chi connectivity index (χ1v) is 12.7. The zero-order chi connectivity index (χ0) is 25.2. The molecule has 0 radical (unpaired) electrons. The lowest BCUT2D eigenvalue weighted by Gasteiger charge is -2.24. The fourth-order valence-corrected chi connectivity index (χ4v) is 4.16. The van der Waals surface area contributed by atoms with Crippen molar-refractivity contribution in [3.05, 3.63) is 65.7 Å². The predicted octanol–water partition coefficient (Wildman–Crippen LogP) is 6.59. The topological polar surface area (TPSA) is 67.2 Å². The van der Waals surface area contributed by atoms with Crippen molar-refractivity contribution in [2.24, 2.45) is 5.92 Å². The molecule has 0 aliphatic rings. The summed E-state index contributed by atoms with van der Waals surface area (Å²) < 4.78 is 1.64. The highest BCUT2D eigenvalue weighted by atomic mass is 35.5. The summed E-state index contributed by atoms with van der Waals surface area (Å²) in [6, 6.07) is 18.9. The molecule has 0 saturated heterocycles. The number of aromatic nitrogens is 2. The summed E-state index contributed by atoms with van der Waals surface area (Å²) in [6.07, 6.45) is 4.59. The fourth-order valence-electron chi connectivity index (χ4n) is 3.94. The number of hydrogen-bond donors (Lipinski definition) is 1. The molecule has 2 amide bonds. The zero-order valence-corrected chi connectivity index (χ0v) is 21.6. The van der Waals surface area contributed by atoms with E-state index in [1.54, 1.807) is 15.6 Å². The van der Waals surface area contributed by atoms with Crippen LogP contribution in [0.5, 0.6) is 0 Å². The predicted molar refractivity (Wildman–Crippen MR) is 143 cm³/mol. The van der Waals surface area contributed by atoms with E-state index < -0.39 is 0 Å². The van der Waals surface area contributed by atoms with E-state index in [9.17, 15) is 9.59 Å². The Bertz CT molecular complexity index is 1110. The van der Waals surface area contributed by atoms with Crippen molar-refractivity contribution < 1.29 is 9.59 Å². The Morgan fingerprint density at radius 2 is 1.74 bits per heavy atom.